The molecule has 20 heavy (non-hydrogen) atoms. The monoisotopic (exact) mass is 298 g/mol. The van der Waals surface area contributed by atoms with Crippen LogP contribution in [0, 0.1) is 5.92 Å². The van der Waals surface area contributed by atoms with Crippen LogP contribution in [0.3, 0.4) is 0 Å². The van der Waals surface area contributed by atoms with Gasteiger partial charge in [-0.3, -0.25) is 4.79 Å². The minimum atomic E-state index is 0. The molecule has 1 aliphatic heterocycles. The van der Waals surface area contributed by atoms with Crippen LogP contribution in [0.2, 0.25) is 0 Å². The van der Waals surface area contributed by atoms with Gasteiger partial charge >= 0.3 is 0 Å². The van der Waals surface area contributed by atoms with Crippen LogP contribution in [0.5, 0.6) is 5.75 Å². The number of nitrogens with one attached hydrogen (secondary N) is 2. The van der Waals surface area contributed by atoms with E-state index in [2.05, 4.69) is 17.6 Å². The average Bonchev–Trinajstić information content (AvgIpc) is 2.47. The first-order valence-corrected chi connectivity index (χ1v) is 7.04. The molecule has 0 spiro atoms. The highest BCUT2D eigenvalue weighted by molar-refractivity contribution is 5.92. The van der Waals surface area contributed by atoms with Gasteiger partial charge in [0.25, 0.3) is 0 Å². The molecule has 0 saturated carbocycles. The first-order valence-electron chi connectivity index (χ1n) is 7.04. The molecule has 2 rings (SSSR count). The molecule has 1 unspecified atom stereocenters. The number of ether oxygens (including phenoxy) is 1. The van der Waals surface area contributed by atoms with Crippen molar-refractivity contribution in [3.8, 4) is 5.75 Å². The normalized spacial score (nSPS) is 17.9. The van der Waals surface area contributed by atoms with Crippen LogP contribution in [0.25, 0.3) is 0 Å². The van der Waals surface area contributed by atoms with Gasteiger partial charge in [0.15, 0.2) is 0 Å². The summed E-state index contributed by atoms with van der Waals surface area (Å²) in [6, 6.07) is 7.56. The average molecular weight is 299 g/mol. The minimum Gasteiger partial charge on any atom is -0.494 e. The number of amides is 1. The van der Waals surface area contributed by atoms with Crippen LogP contribution in [0.15, 0.2) is 24.3 Å². The van der Waals surface area contributed by atoms with E-state index in [1.54, 1.807) is 0 Å². The highest BCUT2D eigenvalue weighted by Crippen LogP contribution is 2.18. The van der Waals surface area contributed by atoms with Crippen molar-refractivity contribution < 1.29 is 9.53 Å². The molecule has 5 heteroatoms. The topological polar surface area (TPSA) is 50.4 Å². The molecular formula is C15H23ClN2O2. The van der Waals surface area contributed by atoms with Crippen LogP contribution < -0.4 is 15.4 Å². The Morgan fingerprint density at radius 1 is 1.40 bits per heavy atom. The third-order valence-electron chi connectivity index (χ3n) is 3.26. The fraction of sp³-hybridized carbons (Fsp3) is 0.533. The number of hydrogen-bond acceptors (Lipinski definition) is 3. The van der Waals surface area contributed by atoms with E-state index in [0.717, 1.165) is 50.4 Å². The van der Waals surface area contributed by atoms with Gasteiger partial charge in [-0.2, -0.15) is 0 Å². The molecule has 112 valence electrons. The number of piperidine rings is 1. The van der Waals surface area contributed by atoms with Gasteiger partial charge in [-0.15, -0.1) is 12.4 Å². The Morgan fingerprint density at radius 2 is 2.15 bits per heavy atom. The van der Waals surface area contributed by atoms with Crippen LogP contribution in [-0.2, 0) is 4.79 Å². The largest absolute Gasteiger partial charge is 0.494 e. The van der Waals surface area contributed by atoms with Crippen molar-refractivity contribution in [3.05, 3.63) is 24.3 Å². The van der Waals surface area contributed by atoms with E-state index in [4.69, 9.17) is 4.74 Å². The molecule has 1 amide bonds. The first kappa shape index (κ1) is 16.8. The van der Waals surface area contributed by atoms with Gasteiger partial charge in [0.1, 0.15) is 5.75 Å². The Morgan fingerprint density at radius 3 is 2.75 bits per heavy atom. The van der Waals surface area contributed by atoms with E-state index in [1.807, 2.05) is 24.3 Å². The second-order valence-electron chi connectivity index (χ2n) is 4.91. The van der Waals surface area contributed by atoms with E-state index in [9.17, 15) is 4.79 Å². The van der Waals surface area contributed by atoms with E-state index in [1.165, 1.54) is 0 Å². The molecule has 1 aliphatic rings. The summed E-state index contributed by atoms with van der Waals surface area (Å²) in [5.41, 5.74) is 0.833. The molecule has 1 atom stereocenters. The van der Waals surface area contributed by atoms with Gasteiger partial charge in [-0.25, -0.2) is 0 Å². The third-order valence-corrected chi connectivity index (χ3v) is 3.26. The zero-order valence-electron chi connectivity index (χ0n) is 11.9. The summed E-state index contributed by atoms with van der Waals surface area (Å²) in [6.07, 6.45) is 3.03. The second kappa shape index (κ2) is 8.82. The summed E-state index contributed by atoms with van der Waals surface area (Å²) in [4.78, 5) is 12.0. The van der Waals surface area contributed by atoms with Gasteiger partial charge < -0.3 is 15.4 Å². The van der Waals surface area contributed by atoms with Crippen molar-refractivity contribution in [2.75, 3.05) is 25.0 Å². The van der Waals surface area contributed by atoms with E-state index in [-0.39, 0.29) is 24.2 Å². The Balaban J connectivity index is 0.00000200. The quantitative estimate of drug-likeness (QED) is 0.879. The SMILES string of the molecule is CCCOc1ccc(NC(=O)C2CCCNC2)cc1.Cl. The van der Waals surface area contributed by atoms with Crippen LogP contribution >= 0.6 is 12.4 Å². The number of anilines is 1. The zero-order chi connectivity index (χ0) is 13.5. The van der Waals surface area contributed by atoms with E-state index in [0.29, 0.717) is 0 Å². The highest BCUT2D eigenvalue weighted by atomic mass is 35.5. The van der Waals surface area contributed by atoms with Crippen LogP contribution in [-0.4, -0.2) is 25.6 Å². The van der Waals surface area contributed by atoms with E-state index >= 15 is 0 Å². The van der Waals surface area contributed by atoms with E-state index < -0.39 is 0 Å². The van der Waals surface area contributed by atoms with Crippen LogP contribution in [0.4, 0.5) is 5.69 Å². The smallest absolute Gasteiger partial charge is 0.228 e. The van der Waals surface area contributed by atoms with Gasteiger partial charge in [-0.05, 0) is 50.1 Å². The standard InChI is InChI=1S/C15H22N2O2.ClH/c1-2-10-19-14-7-5-13(6-8-14)17-15(18)12-4-3-9-16-11-12;/h5-8,12,16H,2-4,9-11H2,1H3,(H,17,18);1H. The summed E-state index contributed by atoms with van der Waals surface area (Å²) in [6.45, 7) is 4.60. The lowest BCUT2D eigenvalue weighted by atomic mass is 9.99. The van der Waals surface area contributed by atoms with Crippen LogP contribution in [0.1, 0.15) is 26.2 Å². The zero-order valence-corrected chi connectivity index (χ0v) is 12.7. The minimum absolute atomic E-state index is 0. The molecule has 0 aromatic heterocycles. The summed E-state index contributed by atoms with van der Waals surface area (Å²) < 4.78 is 5.51. The molecule has 1 aromatic carbocycles. The van der Waals surface area contributed by atoms with Gasteiger partial charge in [0.05, 0.1) is 12.5 Å². The maximum absolute atomic E-state index is 12.0. The van der Waals surface area contributed by atoms with Crippen molar-refractivity contribution in [1.29, 1.82) is 0 Å². The third kappa shape index (κ3) is 5.02. The van der Waals surface area contributed by atoms with Gasteiger partial charge in [0, 0.05) is 12.2 Å². The van der Waals surface area contributed by atoms with Crippen molar-refractivity contribution in [3.63, 3.8) is 0 Å². The van der Waals surface area contributed by atoms with Crippen molar-refractivity contribution >= 4 is 24.0 Å². The fourth-order valence-corrected chi connectivity index (χ4v) is 2.17. The van der Waals surface area contributed by atoms with Crippen molar-refractivity contribution in [1.82, 2.24) is 5.32 Å². The number of hydrogen-bond donors (Lipinski definition) is 2. The number of halogens is 1. The second-order valence-corrected chi connectivity index (χ2v) is 4.91. The number of carbonyl (C=O) groups is 1. The molecule has 4 nitrogen and oxygen atoms in total. The maximum atomic E-state index is 12.0. The molecule has 0 aliphatic carbocycles. The maximum Gasteiger partial charge on any atom is 0.228 e. The molecule has 1 heterocycles. The molecule has 1 saturated heterocycles. The molecule has 0 radical (unpaired) electrons. The van der Waals surface area contributed by atoms with Gasteiger partial charge in [-0.1, -0.05) is 6.92 Å². The first-order chi connectivity index (χ1) is 9.29. The summed E-state index contributed by atoms with van der Waals surface area (Å²) in [7, 11) is 0. The molecule has 1 aromatic rings. The van der Waals surface area contributed by atoms with Gasteiger partial charge in [0.2, 0.25) is 5.91 Å². The highest BCUT2D eigenvalue weighted by Gasteiger charge is 2.20. The summed E-state index contributed by atoms with van der Waals surface area (Å²) >= 11 is 0. The molecule has 0 bridgehead atoms. The number of carbonyl (C=O) groups excluding carboxylic acids is 1. The predicted molar refractivity (Wildman–Crippen MR) is 83.7 cm³/mol. The molecule has 2 N–H and O–H groups in total. The lowest BCUT2D eigenvalue weighted by Gasteiger charge is -2.21. The number of rotatable bonds is 5. The summed E-state index contributed by atoms with van der Waals surface area (Å²) in [5, 5.41) is 6.21. The van der Waals surface area contributed by atoms with Crippen molar-refractivity contribution in [2.45, 2.75) is 26.2 Å². The predicted octanol–water partition coefficient (Wildman–Crippen LogP) is 2.84. The van der Waals surface area contributed by atoms with Crippen molar-refractivity contribution in [2.24, 2.45) is 5.92 Å². The Kier molecular flexibility index (Phi) is 7.41. The molecule has 1 fully saturated rings. The summed E-state index contributed by atoms with van der Waals surface area (Å²) in [5.74, 6) is 1.04. The lowest BCUT2D eigenvalue weighted by Crippen LogP contribution is -2.37. The number of benzene rings is 1. The molecular weight excluding hydrogens is 276 g/mol. The fourth-order valence-electron chi connectivity index (χ4n) is 2.17. The Labute approximate surface area is 126 Å². The lowest BCUT2D eigenvalue weighted by molar-refractivity contribution is -0.120. The Bertz CT molecular complexity index is 403. The Hall–Kier alpha value is -1.26.